The molecule has 0 bridgehead atoms. The third kappa shape index (κ3) is 5.77. The Morgan fingerprint density at radius 2 is 1.82 bits per heavy atom. The van der Waals surface area contributed by atoms with Gasteiger partial charge in [0.2, 0.25) is 5.88 Å². The van der Waals surface area contributed by atoms with Gasteiger partial charge in [-0.3, -0.25) is 5.32 Å². The summed E-state index contributed by atoms with van der Waals surface area (Å²) in [5, 5.41) is 3.18. The van der Waals surface area contributed by atoms with E-state index < -0.39 is 18.0 Å². The van der Waals surface area contributed by atoms with Gasteiger partial charge in [-0.25, -0.2) is 34.1 Å². The minimum atomic E-state index is -0.728. The first kappa shape index (κ1) is 26.0. The van der Waals surface area contributed by atoms with Crippen molar-refractivity contribution in [2.24, 2.45) is 0 Å². The first-order valence-electron chi connectivity index (χ1n) is 11.7. The van der Waals surface area contributed by atoms with Gasteiger partial charge >= 0.3 is 12.1 Å². The molecule has 0 spiro atoms. The summed E-state index contributed by atoms with van der Waals surface area (Å²) >= 11 is 1.38. The molecule has 5 rings (SSSR count). The smallest absolute Gasteiger partial charge is 0.412 e. The molecule has 200 valence electrons. The maximum absolute atomic E-state index is 14.9. The number of benzene rings is 2. The predicted molar refractivity (Wildman–Crippen MR) is 143 cm³/mol. The van der Waals surface area contributed by atoms with Crippen LogP contribution in [0.25, 0.3) is 31.8 Å². The molecule has 3 heterocycles. The number of fused-ring (bicyclic) bond motifs is 2. The van der Waals surface area contributed by atoms with Gasteiger partial charge in [0.25, 0.3) is 0 Å². The summed E-state index contributed by atoms with van der Waals surface area (Å²) < 4.78 is 36.6. The van der Waals surface area contributed by atoms with Crippen molar-refractivity contribution in [3.63, 3.8) is 0 Å². The Morgan fingerprint density at radius 3 is 2.56 bits per heavy atom. The summed E-state index contributed by atoms with van der Waals surface area (Å²) in [6, 6.07) is 6.96. The number of halogens is 1. The van der Waals surface area contributed by atoms with Crippen molar-refractivity contribution >= 4 is 44.4 Å². The van der Waals surface area contributed by atoms with Crippen LogP contribution in [-0.4, -0.2) is 57.9 Å². The maximum Gasteiger partial charge on any atom is 0.412 e. The molecule has 11 nitrogen and oxygen atoms in total. The van der Waals surface area contributed by atoms with Crippen molar-refractivity contribution in [1.29, 1.82) is 0 Å². The second-order valence-electron chi connectivity index (χ2n) is 8.47. The number of ether oxygens (including phenoxy) is 4. The summed E-state index contributed by atoms with van der Waals surface area (Å²) in [5.74, 6) is -0.140. The number of nitrogens with one attached hydrogen (secondary N) is 1. The highest BCUT2D eigenvalue weighted by atomic mass is 32.1. The van der Waals surface area contributed by atoms with Gasteiger partial charge in [0.1, 0.15) is 17.7 Å². The van der Waals surface area contributed by atoms with Crippen LogP contribution in [0.1, 0.15) is 12.5 Å². The van der Waals surface area contributed by atoms with E-state index in [1.54, 1.807) is 19.2 Å². The molecule has 1 N–H and O–H groups in total. The van der Waals surface area contributed by atoms with Crippen LogP contribution in [0.15, 0.2) is 42.9 Å². The zero-order chi connectivity index (χ0) is 27.5. The monoisotopic (exact) mass is 550 g/mol. The zero-order valence-electron chi connectivity index (χ0n) is 21.4. The number of carbonyl (C=O) groups is 1. The lowest BCUT2D eigenvalue weighted by molar-refractivity contribution is 0.0844. The van der Waals surface area contributed by atoms with Crippen molar-refractivity contribution < 1.29 is 28.1 Å². The first-order valence-corrected chi connectivity index (χ1v) is 12.5. The Bertz CT molecular complexity index is 1660. The fourth-order valence-corrected chi connectivity index (χ4v) is 4.72. The molecule has 0 aliphatic carbocycles. The molecule has 0 unspecified atom stereocenters. The van der Waals surface area contributed by atoms with Crippen LogP contribution in [0.3, 0.4) is 0 Å². The molecular formula is C26H23FN6O5S. The topological polar surface area (TPSA) is 130 Å². The standard InChI is InChI=1S/C26H23FN6O5S/c1-13-5-16(23-19(6-13)32-22(35-3)11-28-23)24-33-18-7-17(27)20(8-21(18)39-24)37-12-14(2)38-26(34)31-15-9-29-25(36-4)30-10-15/h5-11,14H,12H2,1-4H3,(H,31,34)/t14-/m1/s1. The zero-order valence-corrected chi connectivity index (χ0v) is 22.2. The average molecular weight is 551 g/mol. The number of methoxy groups -OCH3 is 2. The van der Waals surface area contributed by atoms with Gasteiger partial charge in [-0.05, 0) is 31.5 Å². The highest BCUT2D eigenvalue weighted by Gasteiger charge is 2.17. The molecule has 39 heavy (non-hydrogen) atoms. The minimum Gasteiger partial charge on any atom is -0.487 e. The van der Waals surface area contributed by atoms with Crippen molar-refractivity contribution in [2.45, 2.75) is 20.0 Å². The van der Waals surface area contributed by atoms with Crippen LogP contribution in [0.2, 0.25) is 0 Å². The summed E-state index contributed by atoms with van der Waals surface area (Å²) in [7, 11) is 2.97. The highest BCUT2D eigenvalue weighted by Crippen LogP contribution is 2.37. The van der Waals surface area contributed by atoms with Gasteiger partial charge in [-0.15, -0.1) is 11.3 Å². The first-order chi connectivity index (χ1) is 18.8. The van der Waals surface area contributed by atoms with Crippen molar-refractivity contribution in [2.75, 3.05) is 26.1 Å². The maximum atomic E-state index is 14.9. The van der Waals surface area contributed by atoms with Gasteiger partial charge in [-0.1, -0.05) is 0 Å². The van der Waals surface area contributed by atoms with E-state index >= 15 is 0 Å². The van der Waals surface area contributed by atoms with E-state index in [2.05, 4.69) is 30.2 Å². The second-order valence-corrected chi connectivity index (χ2v) is 9.50. The molecule has 13 heteroatoms. The Labute approximate surface area is 226 Å². The van der Waals surface area contributed by atoms with Crippen LogP contribution in [0, 0.1) is 12.7 Å². The third-order valence-electron chi connectivity index (χ3n) is 5.49. The molecule has 3 aromatic heterocycles. The van der Waals surface area contributed by atoms with E-state index in [1.165, 1.54) is 44.0 Å². The second kappa shape index (κ2) is 11.0. The van der Waals surface area contributed by atoms with Crippen LogP contribution in [0.4, 0.5) is 14.9 Å². The van der Waals surface area contributed by atoms with E-state index in [9.17, 15) is 9.18 Å². The van der Waals surface area contributed by atoms with Crippen molar-refractivity contribution in [3.8, 4) is 28.2 Å². The average Bonchev–Trinajstić information content (AvgIpc) is 3.33. The Kier molecular flexibility index (Phi) is 7.32. The van der Waals surface area contributed by atoms with Crippen LogP contribution >= 0.6 is 11.3 Å². The molecule has 5 aromatic rings. The summed E-state index contributed by atoms with van der Waals surface area (Å²) in [4.78, 5) is 33.6. The molecule has 0 radical (unpaired) electrons. The molecule has 0 saturated heterocycles. The normalized spacial score (nSPS) is 11.8. The number of hydrogen-bond acceptors (Lipinski definition) is 11. The Morgan fingerprint density at radius 1 is 1.03 bits per heavy atom. The fraction of sp³-hybridized carbons (Fsp3) is 0.231. The fourth-order valence-electron chi connectivity index (χ4n) is 3.72. The van der Waals surface area contributed by atoms with Crippen molar-refractivity contribution in [1.82, 2.24) is 24.9 Å². The van der Waals surface area contributed by atoms with E-state index in [4.69, 9.17) is 18.9 Å². The lowest BCUT2D eigenvalue weighted by atomic mass is 10.1. The number of rotatable bonds is 8. The van der Waals surface area contributed by atoms with E-state index in [1.807, 2.05) is 19.1 Å². The largest absolute Gasteiger partial charge is 0.487 e. The number of nitrogens with zero attached hydrogens (tertiary/aromatic N) is 5. The van der Waals surface area contributed by atoms with Crippen LogP contribution in [-0.2, 0) is 4.74 Å². The quantitative estimate of drug-likeness (QED) is 0.276. The molecular weight excluding hydrogens is 527 g/mol. The van der Waals surface area contributed by atoms with Crippen LogP contribution < -0.4 is 19.5 Å². The van der Waals surface area contributed by atoms with E-state index in [0.717, 1.165) is 15.8 Å². The molecule has 0 saturated carbocycles. The summed E-state index contributed by atoms with van der Waals surface area (Å²) in [6.07, 6.45) is 2.91. The molecule has 0 fully saturated rings. The third-order valence-corrected chi connectivity index (χ3v) is 6.54. The Balaban J connectivity index is 1.29. The molecule has 0 aliphatic heterocycles. The van der Waals surface area contributed by atoms with Gasteiger partial charge in [0.15, 0.2) is 11.6 Å². The molecule has 1 amide bonds. The summed E-state index contributed by atoms with van der Waals surface area (Å²) in [5.41, 5.74) is 3.94. The highest BCUT2D eigenvalue weighted by molar-refractivity contribution is 7.21. The summed E-state index contributed by atoms with van der Waals surface area (Å²) in [6.45, 7) is 3.52. The lowest BCUT2D eigenvalue weighted by Crippen LogP contribution is -2.25. The predicted octanol–water partition coefficient (Wildman–Crippen LogP) is 5.18. The molecule has 0 aliphatic rings. The number of aryl methyl sites for hydroxylation is 1. The van der Waals surface area contributed by atoms with Gasteiger partial charge in [0, 0.05) is 17.7 Å². The SMILES string of the molecule is COc1cnc2c(-c3nc4cc(F)c(OC[C@@H](C)OC(=O)Nc5cnc(OC)nc5)cc4s3)cc(C)cc2n1. The molecule has 2 aromatic carbocycles. The number of anilines is 1. The number of amides is 1. The van der Waals surface area contributed by atoms with Crippen molar-refractivity contribution in [3.05, 3.63) is 54.2 Å². The van der Waals surface area contributed by atoms with Gasteiger partial charge in [-0.2, -0.15) is 0 Å². The van der Waals surface area contributed by atoms with Gasteiger partial charge in [0.05, 0.1) is 59.7 Å². The van der Waals surface area contributed by atoms with Crippen LogP contribution in [0.5, 0.6) is 17.6 Å². The number of thiazole rings is 1. The number of hydrogen-bond donors (Lipinski definition) is 1. The van der Waals surface area contributed by atoms with E-state index in [-0.39, 0.29) is 18.4 Å². The number of carbonyl (C=O) groups excluding carboxylic acids is 1. The number of aromatic nitrogens is 5. The minimum absolute atomic E-state index is 0.0238. The van der Waals surface area contributed by atoms with Gasteiger partial charge < -0.3 is 18.9 Å². The Hall–Kier alpha value is -4.65. The van der Waals surface area contributed by atoms with E-state index in [0.29, 0.717) is 33.1 Å². The molecule has 1 atom stereocenters. The lowest BCUT2D eigenvalue weighted by Gasteiger charge is -2.15.